The predicted molar refractivity (Wildman–Crippen MR) is 196 cm³/mol. The van der Waals surface area contributed by atoms with E-state index in [2.05, 4.69) is 44.8 Å². The highest BCUT2D eigenvalue weighted by molar-refractivity contribution is 4.60. The lowest BCUT2D eigenvalue weighted by Gasteiger charge is -2.22. The molecule has 0 fully saturated rings. The standard InChI is InChI=1S/C24H51N.C16H35N/c1-4-7-10-13-16-19-22-25(23-20-17-14-11-8-5-2)24-21-18-15-12-9-6-3;1-3-5-7-9-11-13-15-17-16-14-12-10-8-6-4-2/h4-24H2,1-3H3;17H,3-16H2,1-2H3. The highest BCUT2D eigenvalue weighted by atomic mass is 15.1. The summed E-state index contributed by atoms with van der Waals surface area (Å²) >= 11 is 0. The van der Waals surface area contributed by atoms with Crippen LogP contribution in [0.5, 0.6) is 0 Å². The van der Waals surface area contributed by atoms with Crippen LogP contribution >= 0.6 is 0 Å². The molecule has 0 spiro atoms. The summed E-state index contributed by atoms with van der Waals surface area (Å²) in [6.45, 7) is 18.0. The van der Waals surface area contributed by atoms with Gasteiger partial charge in [0, 0.05) is 0 Å². The second-order valence-electron chi connectivity index (χ2n) is 13.4. The van der Waals surface area contributed by atoms with E-state index in [9.17, 15) is 0 Å². The Hall–Kier alpha value is -0.0800. The number of unbranched alkanes of at least 4 members (excludes halogenated alkanes) is 25. The first kappa shape index (κ1) is 44.0. The molecule has 0 aromatic rings. The molecule has 0 unspecified atom stereocenters. The molecule has 0 aliphatic carbocycles. The van der Waals surface area contributed by atoms with Crippen LogP contribution in [-0.4, -0.2) is 37.6 Å². The van der Waals surface area contributed by atoms with Crippen molar-refractivity contribution >= 4 is 0 Å². The molecule has 0 aromatic heterocycles. The molecule has 2 nitrogen and oxygen atoms in total. The van der Waals surface area contributed by atoms with E-state index < -0.39 is 0 Å². The summed E-state index contributed by atoms with van der Waals surface area (Å²) in [6.07, 6.45) is 42.6. The largest absolute Gasteiger partial charge is 0.317 e. The molecule has 0 saturated heterocycles. The molecule has 0 aromatic carbocycles. The highest BCUT2D eigenvalue weighted by Gasteiger charge is 2.05. The van der Waals surface area contributed by atoms with Crippen LogP contribution in [0.2, 0.25) is 0 Å². The minimum absolute atomic E-state index is 1.24. The first-order valence-corrected chi connectivity index (χ1v) is 20.2. The van der Waals surface area contributed by atoms with Crippen molar-refractivity contribution < 1.29 is 0 Å². The van der Waals surface area contributed by atoms with E-state index >= 15 is 0 Å². The second-order valence-corrected chi connectivity index (χ2v) is 13.4. The number of hydrogen-bond donors (Lipinski definition) is 1. The van der Waals surface area contributed by atoms with Gasteiger partial charge >= 0.3 is 0 Å². The number of nitrogens with zero attached hydrogens (tertiary/aromatic N) is 1. The van der Waals surface area contributed by atoms with E-state index in [1.807, 2.05) is 0 Å². The zero-order valence-electron chi connectivity index (χ0n) is 30.7. The number of hydrogen-bond acceptors (Lipinski definition) is 2. The average molecular weight is 595 g/mol. The molecule has 1 N–H and O–H groups in total. The minimum atomic E-state index is 1.24. The molecule has 256 valence electrons. The molecule has 0 rings (SSSR count). The molecule has 0 radical (unpaired) electrons. The normalized spacial score (nSPS) is 11.3. The van der Waals surface area contributed by atoms with Crippen molar-refractivity contribution in [3.05, 3.63) is 0 Å². The van der Waals surface area contributed by atoms with E-state index in [4.69, 9.17) is 0 Å². The van der Waals surface area contributed by atoms with Gasteiger partial charge < -0.3 is 10.2 Å². The second kappa shape index (κ2) is 43.0. The molecule has 0 bridgehead atoms. The van der Waals surface area contributed by atoms with Crippen molar-refractivity contribution in [1.29, 1.82) is 0 Å². The molecule has 0 atom stereocenters. The molecule has 0 aliphatic heterocycles. The van der Waals surface area contributed by atoms with Gasteiger partial charge in [-0.1, -0.05) is 195 Å². The lowest BCUT2D eigenvalue weighted by Crippen LogP contribution is -2.27. The van der Waals surface area contributed by atoms with Crippen molar-refractivity contribution in [2.75, 3.05) is 32.7 Å². The maximum Gasteiger partial charge on any atom is -0.00187 e. The first-order valence-electron chi connectivity index (χ1n) is 20.2. The fourth-order valence-electron chi connectivity index (χ4n) is 5.87. The van der Waals surface area contributed by atoms with E-state index in [1.54, 1.807) is 0 Å². The average Bonchev–Trinajstić information content (AvgIpc) is 3.00. The molecule has 0 heterocycles. The van der Waals surface area contributed by atoms with Crippen molar-refractivity contribution in [3.63, 3.8) is 0 Å². The van der Waals surface area contributed by atoms with Crippen molar-refractivity contribution in [1.82, 2.24) is 10.2 Å². The Kier molecular flexibility index (Phi) is 45.1. The van der Waals surface area contributed by atoms with Gasteiger partial charge in [0.2, 0.25) is 0 Å². The Bertz CT molecular complexity index is 372. The van der Waals surface area contributed by atoms with Crippen LogP contribution in [0.3, 0.4) is 0 Å². The van der Waals surface area contributed by atoms with Gasteiger partial charge in [-0.05, 0) is 64.8 Å². The summed E-state index contributed by atoms with van der Waals surface area (Å²) in [5, 5.41) is 3.57. The van der Waals surface area contributed by atoms with Crippen LogP contribution in [-0.2, 0) is 0 Å². The molecular weight excluding hydrogens is 508 g/mol. The monoisotopic (exact) mass is 595 g/mol. The fraction of sp³-hybridized carbons (Fsp3) is 1.00. The topological polar surface area (TPSA) is 15.3 Å². The van der Waals surface area contributed by atoms with Gasteiger partial charge in [-0.25, -0.2) is 0 Å². The summed E-state index contributed by atoms with van der Waals surface area (Å²) in [4.78, 5) is 2.79. The summed E-state index contributed by atoms with van der Waals surface area (Å²) in [6, 6.07) is 0. The van der Waals surface area contributed by atoms with Crippen LogP contribution < -0.4 is 5.32 Å². The van der Waals surface area contributed by atoms with Gasteiger partial charge in [-0.2, -0.15) is 0 Å². The summed E-state index contributed by atoms with van der Waals surface area (Å²) in [5.41, 5.74) is 0. The Morgan fingerprint density at radius 2 is 0.476 bits per heavy atom. The Labute approximate surface area is 269 Å². The Morgan fingerprint density at radius 1 is 0.262 bits per heavy atom. The number of nitrogens with one attached hydrogen (secondary N) is 1. The van der Waals surface area contributed by atoms with Crippen molar-refractivity contribution in [2.45, 2.75) is 227 Å². The smallest absolute Gasteiger partial charge is 0.00187 e. The molecule has 42 heavy (non-hydrogen) atoms. The summed E-state index contributed by atoms with van der Waals surface area (Å²) < 4.78 is 0. The fourth-order valence-corrected chi connectivity index (χ4v) is 5.87. The maximum atomic E-state index is 3.57. The Balaban J connectivity index is 0. The van der Waals surface area contributed by atoms with Gasteiger partial charge in [0.25, 0.3) is 0 Å². The van der Waals surface area contributed by atoms with E-state index in [0.29, 0.717) is 0 Å². The molecule has 0 amide bonds. The van der Waals surface area contributed by atoms with Crippen LogP contribution in [0, 0.1) is 0 Å². The van der Waals surface area contributed by atoms with E-state index in [1.165, 1.54) is 225 Å². The van der Waals surface area contributed by atoms with Gasteiger partial charge in [0.15, 0.2) is 0 Å². The van der Waals surface area contributed by atoms with Gasteiger partial charge in [0.05, 0.1) is 0 Å². The minimum Gasteiger partial charge on any atom is -0.317 e. The van der Waals surface area contributed by atoms with Crippen LogP contribution in [0.15, 0.2) is 0 Å². The highest BCUT2D eigenvalue weighted by Crippen LogP contribution is 2.11. The third-order valence-corrected chi connectivity index (χ3v) is 8.90. The lowest BCUT2D eigenvalue weighted by molar-refractivity contribution is 0.254. The zero-order chi connectivity index (χ0) is 31.0. The molecule has 2 heteroatoms. The van der Waals surface area contributed by atoms with Crippen LogP contribution in [0.1, 0.15) is 227 Å². The molecule has 0 aliphatic rings. The zero-order valence-corrected chi connectivity index (χ0v) is 30.7. The van der Waals surface area contributed by atoms with Gasteiger partial charge in [0.1, 0.15) is 0 Å². The molecular formula is C40H86N2. The lowest BCUT2D eigenvalue weighted by atomic mass is 10.1. The van der Waals surface area contributed by atoms with Gasteiger partial charge in [-0.3, -0.25) is 0 Å². The maximum absolute atomic E-state index is 3.57. The van der Waals surface area contributed by atoms with Crippen LogP contribution in [0.4, 0.5) is 0 Å². The quantitative estimate of drug-likeness (QED) is 0.0734. The SMILES string of the molecule is CCCCCCCCN(CCCCCCCC)CCCCCCCC.CCCCCCCCNCCCCCCCC. The number of rotatable bonds is 35. The molecule has 0 saturated carbocycles. The van der Waals surface area contributed by atoms with E-state index in [-0.39, 0.29) is 0 Å². The van der Waals surface area contributed by atoms with E-state index in [0.717, 1.165) is 0 Å². The Morgan fingerprint density at radius 3 is 0.738 bits per heavy atom. The first-order chi connectivity index (χ1) is 20.8. The predicted octanol–water partition coefficient (Wildman–Crippen LogP) is 13.7. The van der Waals surface area contributed by atoms with Crippen molar-refractivity contribution in [2.24, 2.45) is 0 Å². The third kappa shape index (κ3) is 42.1. The van der Waals surface area contributed by atoms with Crippen molar-refractivity contribution in [3.8, 4) is 0 Å². The van der Waals surface area contributed by atoms with Crippen LogP contribution in [0.25, 0.3) is 0 Å². The van der Waals surface area contributed by atoms with Gasteiger partial charge in [-0.15, -0.1) is 0 Å². The third-order valence-electron chi connectivity index (χ3n) is 8.90. The summed E-state index contributed by atoms with van der Waals surface area (Å²) in [5.74, 6) is 0. The summed E-state index contributed by atoms with van der Waals surface area (Å²) in [7, 11) is 0.